The number of hydrogen-bond acceptors (Lipinski definition) is 5. The first-order chi connectivity index (χ1) is 14.3. The van der Waals surface area contributed by atoms with Crippen LogP contribution in [-0.4, -0.2) is 79.5 Å². The zero-order valence-electron chi connectivity index (χ0n) is 17.3. The van der Waals surface area contributed by atoms with Crippen LogP contribution < -0.4 is 5.32 Å². The molecule has 1 saturated heterocycles. The Labute approximate surface area is 179 Å². The van der Waals surface area contributed by atoms with Gasteiger partial charge in [-0.3, -0.25) is 4.79 Å². The molecule has 1 aromatic carbocycles. The van der Waals surface area contributed by atoms with Crippen molar-refractivity contribution in [3.8, 4) is 0 Å². The van der Waals surface area contributed by atoms with Crippen LogP contribution in [0.4, 0.5) is 13.2 Å². The molecule has 174 valence electrons. The van der Waals surface area contributed by atoms with E-state index in [0.29, 0.717) is 18.0 Å². The number of halogens is 3. The fourth-order valence-electron chi connectivity index (χ4n) is 3.14. The summed E-state index contributed by atoms with van der Waals surface area (Å²) >= 11 is 0. The smallest absolute Gasteiger partial charge is 0.475 e. The molecule has 1 aromatic rings. The molecule has 1 aliphatic carbocycles. The maximum Gasteiger partial charge on any atom is 0.490 e. The molecule has 1 heterocycles. The molecule has 0 bridgehead atoms. The Balaban J connectivity index is 0.000000423. The van der Waals surface area contributed by atoms with Crippen molar-refractivity contribution in [1.29, 1.82) is 0 Å². The van der Waals surface area contributed by atoms with Gasteiger partial charge in [-0.05, 0) is 38.3 Å². The number of benzene rings is 1. The predicted octanol–water partition coefficient (Wildman–Crippen LogP) is 1.52. The van der Waals surface area contributed by atoms with Gasteiger partial charge in [0.1, 0.15) is 0 Å². The van der Waals surface area contributed by atoms with Crippen LogP contribution in [0, 0.1) is 13.8 Å². The standard InChI is InChI=1S/C17H25N3O3S.C2HF3O2/c1-13-3-6-16(14(2)11-13)24(22,23)20(15-4-5-15)12-17(21)19-9-7-18-8-10-19;3-2(4,5)1(6)7/h3,6,11,15,18H,4-5,7-10,12H2,1-2H3;(H,6,7). The Hall–Kier alpha value is -2.18. The number of carbonyl (C=O) groups is 2. The molecule has 2 aliphatic rings. The highest BCUT2D eigenvalue weighted by Gasteiger charge is 2.40. The molecule has 1 saturated carbocycles. The summed E-state index contributed by atoms with van der Waals surface area (Å²) in [6.45, 7) is 6.50. The first-order valence-electron chi connectivity index (χ1n) is 9.71. The lowest BCUT2D eigenvalue weighted by atomic mass is 10.2. The third-order valence-electron chi connectivity index (χ3n) is 4.87. The molecular formula is C19H26F3N3O5S. The number of alkyl halides is 3. The van der Waals surface area contributed by atoms with Crippen molar-refractivity contribution in [3.63, 3.8) is 0 Å². The van der Waals surface area contributed by atoms with Gasteiger partial charge in [-0.2, -0.15) is 17.5 Å². The van der Waals surface area contributed by atoms with E-state index >= 15 is 0 Å². The van der Waals surface area contributed by atoms with Crippen LogP contribution >= 0.6 is 0 Å². The minimum atomic E-state index is -5.08. The number of carboxylic acid groups (broad SMARTS) is 1. The van der Waals surface area contributed by atoms with Gasteiger partial charge in [0.25, 0.3) is 0 Å². The Kier molecular flexibility index (Phi) is 8.06. The third-order valence-corrected chi connectivity index (χ3v) is 6.93. The highest BCUT2D eigenvalue weighted by atomic mass is 32.2. The number of nitrogens with zero attached hydrogens (tertiary/aromatic N) is 2. The second-order valence-electron chi connectivity index (χ2n) is 7.48. The summed E-state index contributed by atoms with van der Waals surface area (Å²) in [5.41, 5.74) is 1.76. The third kappa shape index (κ3) is 6.91. The summed E-state index contributed by atoms with van der Waals surface area (Å²) in [6, 6.07) is 5.30. The lowest BCUT2D eigenvalue weighted by Crippen LogP contribution is -2.50. The molecule has 0 unspecified atom stereocenters. The molecule has 31 heavy (non-hydrogen) atoms. The van der Waals surface area contributed by atoms with E-state index in [1.165, 1.54) is 4.31 Å². The average Bonchev–Trinajstić information content (AvgIpc) is 3.50. The predicted molar refractivity (Wildman–Crippen MR) is 106 cm³/mol. The van der Waals surface area contributed by atoms with Crippen LogP contribution in [0.1, 0.15) is 24.0 Å². The quantitative estimate of drug-likeness (QED) is 0.683. The lowest BCUT2D eigenvalue weighted by Gasteiger charge is -2.30. The van der Waals surface area contributed by atoms with Crippen molar-refractivity contribution in [2.75, 3.05) is 32.7 Å². The number of piperazine rings is 1. The number of carboxylic acids is 1. The van der Waals surface area contributed by atoms with Crippen molar-refractivity contribution in [1.82, 2.24) is 14.5 Å². The highest BCUT2D eigenvalue weighted by Crippen LogP contribution is 2.33. The summed E-state index contributed by atoms with van der Waals surface area (Å²) in [7, 11) is -3.65. The zero-order chi connectivity index (χ0) is 23.4. The number of nitrogens with one attached hydrogen (secondary N) is 1. The fourth-order valence-corrected chi connectivity index (χ4v) is 4.98. The normalized spacial score (nSPS) is 17.2. The van der Waals surface area contributed by atoms with Gasteiger partial charge in [0.15, 0.2) is 0 Å². The number of amides is 1. The topological polar surface area (TPSA) is 107 Å². The van der Waals surface area contributed by atoms with Gasteiger partial charge in [0, 0.05) is 32.2 Å². The molecule has 2 N–H and O–H groups in total. The van der Waals surface area contributed by atoms with Crippen molar-refractivity contribution >= 4 is 21.9 Å². The van der Waals surface area contributed by atoms with Gasteiger partial charge in [0.05, 0.1) is 11.4 Å². The molecule has 1 aliphatic heterocycles. The van der Waals surface area contributed by atoms with E-state index in [4.69, 9.17) is 9.90 Å². The first kappa shape index (κ1) is 25.1. The fraction of sp³-hybridized carbons (Fsp3) is 0.579. The van der Waals surface area contributed by atoms with Gasteiger partial charge >= 0.3 is 12.1 Å². The van der Waals surface area contributed by atoms with Crippen LogP contribution in [0.15, 0.2) is 23.1 Å². The van der Waals surface area contributed by atoms with Crippen molar-refractivity contribution in [2.45, 2.75) is 43.8 Å². The number of rotatable bonds is 5. The second kappa shape index (κ2) is 9.96. The van der Waals surface area contributed by atoms with Gasteiger partial charge in [-0.1, -0.05) is 17.7 Å². The Morgan fingerprint density at radius 2 is 1.74 bits per heavy atom. The van der Waals surface area contributed by atoms with Crippen molar-refractivity contribution in [3.05, 3.63) is 29.3 Å². The van der Waals surface area contributed by atoms with Gasteiger partial charge in [-0.25, -0.2) is 13.2 Å². The molecule has 0 atom stereocenters. The van der Waals surface area contributed by atoms with E-state index in [-0.39, 0.29) is 18.5 Å². The maximum absolute atomic E-state index is 13.1. The largest absolute Gasteiger partial charge is 0.490 e. The highest BCUT2D eigenvalue weighted by molar-refractivity contribution is 7.89. The molecule has 1 amide bonds. The van der Waals surface area contributed by atoms with E-state index < -0.39 is 22.2 Å². The molecular weight excluding hydrogens is 439 g/mol. The second-order valence-corrected chi connectivity index (χ2v) is 9.34. The van der Waals surface area contributed by atoms with Crippen LogP contribution in [0.25, 0.3) is 0 Å². The van der Waals surface area contributed by atoms with Crippen LogP contribution in [0.2, 0.25) is 0 Å². The van der Waals surface area contributed by atoms with Crippen LogP contribution in [0.5, 0.6) is 0 Å². The maximum atomic E-state index is 13.1. The summed E-state index contributed by atoms with van der Waals surface area (Å²) in [4.78, 5) is 23.5. The average molecular weight is 465 g/mol. The number of aryl methyl sites for hydroxylation is 2. The van der Waals surface area contributed by atoms with Crippen molar-refractivity contribution in [2.24, 2.45) is 0 Å². The van der Waals surface area contributed by atoms with Crippen LogP contribution in [-0.2, 0) is 19.6 Å². The van der Waals surface area contributed by atoms with Gasteiger partial charge in [-0.15, -0.1) is 0 Å². The monoisotopic (exact) mass is 465 g/mol. The first-order valence-corrected chi connectivity index (χ1v) is 11.2. The Bertz CT molecular complexity index is 911. The number of sulfonamides is 1. The van der Waals surface area contributed by atoms with E-state index in [0.717, 1.165) is 37.1 Å². The number of hydrogen-bond donors (Lipinski definition) is 2. The summed E-state index contributed by atoms with van der Waals surface area (Å²) < 4.78 is 59.4. The molecule has 2 fully saturated rings. The molecule has 3 rings (SSSR count). The number of carbonyl (C=O) groups excluding carboxylic acids is 1. The molecule has 12 heteroatoms. The van der Waals surface area contributed by atoms with Gasteiger partial charge < -0.3 is 15.3 Å². The Morgan fingerprint density at radius 3 is 2.19 bits per heavy atom. The summed E-state index contributed by atoms with van der Waals surface area (Å²) in [5, 5.41) is 10.3. The van der Waals surface area contributed by atoms with Crippen molar-refractivity contribution < 1.29 is 36.3 Å². The van der Waals surface area contributed by atoms with E-state index in [1.807, 2.05) is 26.0 Å². The molecule has 0 aromatic heterocycles. The number of aliphatic carboxylic acids is 1. The molecule has 0 spiro atoms. The SMILES string of the molecule is Cc1ccc(S(=O)(=O)N(CC(=O)N2CCNCC2)C2CC2)c(C)c1.O=C(O)C(F)(F)F. The molecule has 0 radical (unpaired) electrons. The van der Waals surface area contributed by atoms with E-state index in [1.54, 1.807) is 11.0 Å². The zero-order valence-corrected chi connectivity index (χ0v) is 18.1. The van der Waals surface area contributed by atoms with E-state index in [2.05, 4.69) is 5.32 Å². The van der Waals surface area contributed by atoms with E-state index in [9.17, 15) is 26.4 Å². The minimum absolute atomic E-state index is 0.0393. The van der Waals surface area contributed by atoms with Gasteiger partial charge in [0.2, 0.25) is 15.9 Å². The van der Waals surface area contributed by atoms with Crippen LogP contribution in [0.3, 0.4) is 0 Å². The lowest BCUT2D eigenvalue weighted by molar-refractivity contribution is -0.192. The summed E-state index contributed by atoms with van der Waals surface area (Å²) in [6.07, 6.45) is -3.42. The summed E-state index contributed by atoms with van der Waals surface area (Å²) in [5.74, 6) is -2.86. The molecule has 8 nitrogen and oxygen atoms in total. The minimum Gasteiger partial charge on any atom is -0.475 e. The Morgan fingerprint density at radius 1 is 1.19 bits per heavy atom.